The van der Waals surface area contributed by atoms with Crippen LogP contribution in [0.15, 0.2) is 58.0 Å². The summed E-state index contributed by atoms with van der Waals surface area (Å²) in [7, 11) is 0. The Kier molecular flexibility index (Phi) is 4.86. The second-order valence-corrected chi connectivity index (χ2v) is 7.36. The number of rotatable bonds is 3. The fourth-order valence-corrected chi connectivity index (χ4v) is 3.48. The molecule has 1 atom stereocenters. The highest BCUT2D eigenvalue weighted by atomic mass is 79.9. The van der Waals surface area contributed by atoms with Gasteiger partial charge in [-0.05, 0) is 48.4 Å². The van der Waals surface area contributed by atoms with Crippen molar-refractivity contribution < 1.29 is 4.79 Å². The third kappa shape index (κ3) is 3.91. The second-order valence-electron chi connectivity index (χ2n) is 4.82. The zero-order chi connectivity index (χ0) is 15.5. The van der Waals surface area contributed by atoms with Crippen LogP contribution in [0.3, 0.4) is 0 Å². The number of amides is 1. The molecule has 1 N–H and O–H groups in total. The Labute approximate surface area is 146 Å². The van der Waals surface area contributed by atoms with Crippen LogP contribution in [-0.2, 0) is 11.2 Å². The first-order chi connectivity index (χ1) is 10.6. The maximum Gasteiger partial charge on any atom is 0.239 e. The van der Waals surface area contributed by atoms with Crippen LogP contribution in [0.25, 0.3) is 0 Å². The van der Waals surface area contributed by atoms with Crippen LogP contribution in [0.4, 0.5) is 5.69 Å². The van der Waals surface area contributed by atoms with Crippen molar-refractivity contribution in [1.29, 1.82) is 0 Å². The molecule has 2 aromatic carbocycles. The molecule has 3 rings (SSSR count). The predicted molar refractivity (Wildman–Crippen MR) is 95.9 cm³/mol. The van der Waals surface area contributed by atoms with Crippen LogP contribution >= 0.6 is 39.3 Å². The Morgan fingerprint density at radius 1 is 1.14 bits per heavy atom. The molecule has 0 spiro atoms. The summed E-state index contributed by atoms with van der Waals surface area (Å²) in [6, 6.07) is 15.2. The van der Waals surface area contributed by atoms with Crippen molar-refractivity contribution in [3.05, 3.63) is 63.6 Å². The highest BCUT2D eigenvalue weighted by Crippen LogP contribution is 2.26. The van der Waals surface area contributed by atoms with Crippen molar-refractivity contribution in [2.75, 3.05) is 0 Å². The number of thioether (sulfide) groups is 1. The second kappa shape index (κ2) is 6.86. The van der Waals surface area contributed by atoms with E-state index in [9.17, 15) is 4.79 Å². The van der Waals surface area contributed by atoms with E-state index in [4.69, 9.17) is 11.6 Å². The summed E-state index contributed by atoms with van der Waals surface area (Å²) in [4.78, 5) is 16.5. The quantitative estimate of drug-likeness (QED) is 0.827. The highest BCUT2D eigenvalue weighted by Gasteiger charge is 2.30. The Balaban J connectivity index is 1.70. The van der Waals surface area contributed by atoms with E-state index in [1.54, 1.807) is 12.1 Å². The first-order valence-electron chi connectivity index (χ1n) is 6.66. The van der Waals surface area contributed by atoms with Gasteiger partial charge in [0.15, 0.2) is 5.17 Å². The number of hydrogen-bond acceptors (Lipinski definition) is 3. The van der Waals surface area contributed by atoms with Gasteiger partial charge in [0.2, 0.25) is 5.91 Å². The van der Waals surface area contributed by atoms with Crippen LogP contribution in [0, 0.1) is 0 Å². The van der Waals surface area contributed by atoms with Gasteiger partial charge in [0.25, 0.3) is 0 Å². The van der Waals surface area contributed by atoms with Crippen LogP contribution in [0.1, 0.15) is 5.56 Å². The Hall–Kier alpha value is -1.30. The summed E-state index contributed by atoms with van der Waals surface area (Å²) < 4.78 is 1.03. The largest absolute Gasteiger partial charge is 0.304 e. The van der Waals surface area contributed by atoms with Crippen molar-refractivity contribution in [3.8, 4) is 0 Å². The third-order valence-corrected chi connectivity index (χ3v) is 5.03. The maximum atomic E-state index is 12.1. The summed E-state index contributed by atoms with van der Waals surface area (Å²) in [5.74, 6) is 0.000585. The molecule has 6 heteroatoms. The van der Waals surface area contributed by atoms with Crippen molar-refractivity contribution in [2.24, 2.45) is 4.99 Å². The highest BCUT2D eigenvalue weighted by molar-refractivity contribution is 9.10. The standard InChI is InChI=1S/C16H12BrClN2OS/c17-11-3-1-10(2-4-11)9-14-15(21)20-16(22-14)19-13-7-5-12(18)6-8-13/h1-8,14H,9H2,(H,19,20,21)/t14-/m0/s1. The van der Waals surface area contributed by atoms with Gasteiger partial charge in [-0.1, -0.05) is 51.4 Å². The Morgan fingerprint density at radius 3 is 2.50 bits per heavy atom. The van der Waals surface area contributed by atoms with Crippen molar-refractivity contribution in [2.45, 2.75) is 11.7 Å². The van der Waals surface area contributed by atoms with E-state index in [-0.39, 0.29) is 11.2 Å². The molecule has 1 aliphatic rings. The lowest BCUT2D eigenvalue weighted by Crippen LogP contribution is -2.25. The van der Waals surface area contributed by atoms with Crippen LogP contribution < -0.4 is 5.32 Å². The zero-order valence-corrected chi connectivity index (χ0v) is 14.6. The van der Waals surface area contributed by atoms with Crippen molar-refractivity contribution in [1.82, 2.24) is 5.32 Å². The summed E-state index contributed by atoms with van der Waals surface area (Å²) in [5.41, 5.74) is 1.90. The van der Waals surface area contributed by atoms with Gasteiger partial charge >= 0.3 is 0 Å². The molecule has 1 fully saturated rings. The third-order valence-electron chi connectivity index (χ3n) is 3.17. The predicted octanol–water partition coefficient (Wildman–Crippen LogP) is 4.56. The lowest BCUT2D eigenvalue weighted by molar-refractivity contribution is -0.118. The molecule has 1 saturated heterocycles. The monoisotopic (exact) mass is 394 g/mol. The van der Waals surface area contributed by atoms with Gasteiger partial charge in [0, 0.05) is 9.50 Å². The Bertz CT molecular complexity index is 716. The fraction of sp³-hybridized carbons (Fsp3) is 0.125. The molecular weight excluding hydrogens is 384 g/mol. The minimum absolute atomic E-state index is 0.000585. The molecule has 22 heavy (non-hydrogen) atoms. The van der Waals surface area contributed by atoms with Crippen LogP contribution in [0.5, 0.6) is 0 Å². The average Bonchev–Trinajstić information content (AvgIpc) is 2.84. The molecule has 2 aromatic rings. The van der Waals surface area contributed by atoms with Crippen molar-refractivity contribution in [3.63, 3.8) is 0 Å². The zero-order valence-electron chi connectivity index (χ0n) is 11.4. The number of halogens is 2. The first kappa shape index (κ1) is 15.6. The molecule has 1 amide bonds. The Morgan fingerprint density at radius 2 is 1.82 bits per heavy atom. The lowest BCUT2D eigenvalue weighted by Gasteiger charge is -2.05. The number of carbonyl (C=O) groups is 1. The van der Waals surface area contributed by atoms with Gasteiger partial charge in [-0.2, -0.15) is 0 Å². The number of carbonyl (C=O) groups excluding carboxylic acids is 1. The SMILES string of the molecule is O=C1NC(=Nc2ccc(Cl)cc2)S[C@H]1Cc1ccc(Br)cc1. The summed E-state index contributed by atoms with van der Waals surface area (Å²) in [6.45, 7) is 0. The van der Waals surface area contributed by atoms with Gasteiger partial charge in [-0.3, -0.25) is 4.79 Å². The van der Waals surface area contributed by atoms with Gasteiger partial charge in [0.1, 0.15) is 0 Å². The molecule has 0 aromatic heterocycles. The van der Waals surface area contributed by atoms with E-state index in [0.717, 1.165) is 15.7 Å². The molecular formula is C16H12BrClN2OS. The molecule has 1 heterocycles. The first-order valence-corrected chi connectivity index (χ1v) is 8.71. The molecule has 1 aliphatic heterocycles. The molecule has 0 unspecified atom stereocenters. The molecule has 0 aliphatic carbocycles. The van der Waals surface area contributed by atoms with E-state index < -0.39 is 0 Å². The fourth-order valence-electron chi connectivity index (χ4n) is 2.06. The smallest absolute Gasteiger partial charge is 0.239 e. The summed E-state index contributed by atoms with van der Waals surface area (Å²) >= 11 is 10.7. The van der Waals surface area contributed by atoms with Gasteiger partial charge in [0.05, 0.1) is 10.9 Å². The van der Waals surface area contributed by atoms with Gasteiger partial charge in [-0.25, -0.2) is 4.99 Å². The number of aliphatic imine (C=N–C) groups is 1. The topological polar surface area (TPSA) is 41.5 Å². The minimum atomic E-state index is -0.146. The number of hydrogen-bond donors (Lipinski definition) is 1. The molecule has 112 valence electrons. The normalized spacial score (nSPS) is 19.5. The average molecular weight is 396 g/mol. The number of benzene rings is 2. The van der Waals surface area contributed by atoms with Crippen LogP contribution in [-0.4, -0.2) is 16.3 Å². The number of nitrogens with one attached hydrogen (secondary N) is 1. The minimum Gasteiger partial charge on any atom is -0.304 e. The van der Waals surface area contributed by atoms with E-state index in [1.807, 2.05) is 36.4 Å². The summed E-state index contributed by atoms with van der Waals surface area (Å²) in [5, 5.41) is 3.98. The van der Waals surface area contributed by atoms with E-state index in [1.165, 1.54) is 11.8 Å². The number of nitrogens with zero attached hydrogens (tertiary/aromatic N) is 1. The maximum absolute atomic E-state index is 12.1. The van der Waals surface area contributed by atoms with E-state index in [2.05, 4.69) is 26.2 Å². The molecule has 0 radical (unpaired) electrons. The molecule has 0 bridgehead atoms. The molecule has 0 saturated carbocycles. The van der Waals surface area contributed by atoms with Crippen LogP contribution in [0.2, 0.25) is 5.02 Å². The van der Waals surface area contributed by atoms with E-state index in [0.29, 0.717) is 16.6 Å². The number of amidine groups is 1. The summed E-state index contributed by atoms with van der Waals surface area (Å²) in [6.07, 6.45) is 0.684. The van der Waals surface area contributed by atoms with Gasteiger partial charge < -0.3 is 5.32 Å². The van der Waals surface area contributed by atoms with Crippen molar-refractivity contribution >= 4 is 56.1 Å². The van der Waals surface area contributed by atoms with Gasteiger partial charge in [-0.15, -0.1) is 0 Å². The van der Waals surface area contributed by atoms with E-state index >= 15 is 0 Å². The molecule has 3 nitrogen and oxygen atoms in total. The lowest BCUT2D eigenvalue weighted by atomic mass is 10.1.